The lowest BCUT2D eigenvalue weighted by atomic mass is 10.2. The van der Waals surface area contributed by atoms with E-state index in [1.54, 1.807) is 7.11 Å². The predicted octanol–water partition coefficient (Wildman–Crippen LogP) is 1.69. The monoisotopic (exact) mass is 449 g/mol. The molecule has 10 heteroatoms. The van der Waals surface area contributed by atoms with Gasteiger partial charge in [-0.15, -0.1) is 0 Å². The molecule has 0 radical (unpaired) electrons. The highest BCUT2D eigenvalue weighted by atomic mass is 32.2. The number of benzene rings is 1. The lowest BCUT2D eigenvalue weighted by molar-refractivity contribution is 0.0990. The van der Waals surface area contributed by atoms with Crippen LogP contribution in [0.3, 0.4) is 0 Å². The molecule has 0 saturated carbocycles. The van der Waals surface area contributed by atoms with Crippen molar-refractivity contribution in [2.45, 2.75) is 25.9 Å². The summed E-state index contributed by atoms with van der Waals surface area (Å²) in [6.07, 6.45) is 0.757. The third-order valence-electron chi connectivity index (χ3n) is 6.30. The fourth-order valence-electron chi connectivity index (χ4n) is 4.51. The second-order valence-corrected chi connectivity index (χ2v) is 10.5. The molecule has 31 heavy (non-hydrogen) atoms. The summed E-state index contributed by atoms with van der Waals surface area (Å²) in [5.41, 5.74) is 1.69. The minimum Gasteiger partial charge on any atom is -0.493 e. The van der Waals surface area contributed by atoms with E-state index in [1.165, 1.54) is 0 Å². The van der Waals surface area contributed by atoms with Gasteiger partial charge >= 0.3 is 0 Å². The number of fused-ring (bicyclic) bond motifs is 1. The quantitative estimate of drug-likeness (QED) is 0.676. The van der Waals surface area contributed by atoms with Crippen LogP contribution in [-0.2, 0) is 16.4 Å². The summed E-state index contributed by atoms with van der Waals surface area (Å²) < 4.78 is 45.9. The number of aryl methyl sites for hydroxylation is 1. The molecule has 0 N–H and O–H groups in total. The first-order chi connectivity index (χ1) is 14.9. The normalized spacial score (nSPS) is 23.4. The molecule has 1 aromatic carbocycles. The SMILES string of the molecule is COc1cc(-c2nc(CN3CCN([C@H]4CCS(=O)(=O)C4)CC3)c(C)o2)cc2c1OCO2. The lowest BCUT2D eigenvalue weighted by Crippen LogP contribution is -2.50. The molecule has 5 rings (SSSR count). The van der Waals surface area contributed by atoms with E-state index in [2.05, 4.69) is 9.80 Å². The number of methoxy groups -OCH3 is 1. The molecule has 9 nitrogen and oxygen atoms in total. The topological polar surface area (TPSA) is 94.3 Å². The van der Waals surface area contributed by atoms with Gasteiger partial charge in [0.15, 0.2) is 21.3 Å². The second kappa shape index (κ2) is 7.99. The first kappa shape index (κ1) is 20.6. The largest absolute Gasteiger partial charge is 0.493 e. The van der Waals surface area contributed by atoms with Gasteiger partial charge in [-0.2, -0.15) is 0 Å². The summed E-state index contributed by atoms with van der Waals surface area (Å²) in [6, 6.07) is 3.87. The summed E-state index contributed by atoms with van der Waals surface area (Å²) in [6.45, 7) is 6.33. The van der Waals surface area contributed by atoms with Gasteiger partial charge < -0.3 is 18.6 Å². The van der Waals surface area contributed by atoms with Crippen LogP contribution in [0.2, 0.25) is 0 Å². The molecule has 0 unspecified atom stereocenters. The molecule has 4 heterocycles. The van der Waals surface area contributed by atoms with Crippen LogP contribution in [0.1, 0.15) is 17.9 Å². The van der Waals surface area contributed by atoms with E-state index in [-0.39, 0.29) is 12.8 Å². The van der Waals surface area contributed by atoms with E-state index in [0.29, 0.717) is 41.2 Å². The van der Waals surface area contributed by atoms with Gasteiger partial charge in [0.1, 0.15) is 5.76 Å². The highest BCUT2D eigenvalue weighted by Gasteiger charge is 2.34. The van der Waals surface area contributed by atoms with Gasteiger partial charge in [0.05, 0.1) is 24.3 Å². The van der Waals surface area contributed by atoms with E-state index in [4.69, 9.17) is 23.6 Å². The molecule has 2 saturated heterocycles. The smallest absolute Gasteiger partial charge is 0.231 e. The van der Waals surface area contributed by atoms with Crippen molar-refractivity contribution in [2.75, 3.05) is 51.6 Å². The van der Waals surface area contributed by atoms with Crippen molar-refractivity contribution in [3.05, 3.63) is 23.6 Å². The molecule has 3 aliphatic rings. The summed E-state index contributed by atoms with van der Waals surface area (Å²) in [5, 5.41) is 0. The first-order valence-corrected chi connectivity index (χ1v) is 12.3. The predicted molar refractivity (Wildman–Crippen MR) is 113 cm³/mol. The third kappa shape index (κ3) is 4.11. The summed E-state index contributed by atoms with van der Waals surface area (Å²) >= 11 is 0. The fraction of sp³-hybridized carbons (Fsp3) is 0.571. The van der Waals surface area contributed by atoms with Crippen molar-refractivity contribution < 1.29 is 27.0 Å². The molecule has 3 aliphatic heterocycles. The van der Waals surface area contributed by atoms with Gasteiger partial charge in [-0.25, -0.2) is 13.4 Å². The van der Waals surface area contributed by atoms with Crippen LogP contribution in [0.5, 0.6) is 17.2 Å². The standard InChI is InChI=1S/C21H27N3O6S/c1-14-17(11-23-4-6-24(7-5-23)16-3-8-31(25,26)12-16)22-21(30-14)15-9-18(27-2)20-19(10-15)28-13-29-20/h9-10,16H,3-8,11-13H2,1-2H3/t16-/m0/s1. The number of ether oxygens (including phenoxy) is 3. The molecular weight excluding hydrogens is 422 g/mol. The van der Waals surface area contributed by atoms with Crippen LogP contribution in [0.25, 0.3) is 11.5 Å². The Morgan fingerprint density at radius 1 is 1.19 bits per heavy atom. The van der Waals surface area contributed by atoms with E-state index in [0.717, 1.165) is 49.6 Å². The zero-order valence-electron chi connectivity index (χ0n) is 17.8. The Balaban J connectivity index is 1.25. The van der Waals surface area contributed by atoms with Gasteiger partial charge in [-0.3, -0.25) is 9.80 Å². The van der Waals surface area contributed by atoms with Crippen LogP contribution in [0.4, 0.5) is 0 Å². The molecule has 2 fully saturated rings. The molecule has 0 aliphatic carbocycles. The Kier molecular flexibility index (Phi) is 5.31. The van der Waals surface area contributed by atoms with Gasteiger partial charge in [0.25, 0.3) is 0 Å². The maximum atomic E-state index is 11.8. The number of piperazine rings is 1. The van der Waals surface area contributed by atoms with Gasteiger partial charge in [0.2, 0.25) is 18.4 Å². The van der Waals surface area contributed by atoms with Crippen LogP contribution < -0.4 is 14.2 Å². The molecular formula is C21H27N3O6S. The number of rotatable bonds is 5. The van der Waals surface area contributed by atoms with Crippen molar-refractivity contribution in [1.29, 1.82) is 0 Å². The van der Waals surface area contributed by atoms with Crippen molar-refractivity contribution in [1.82, 2.24) is 14.8 Å². The zero-order chi connectivity index (χ0) is 21.6. The van der Waals surface area contributed by atoms with Gasteiger partial charge in [0, 0.05) is 44.3 Å². The first-order valence-electron chi connectivity index (χ1n) is 10.5. The van der Waals surface area contributed by atoms with Crippen LogP contribution in [-0.4, -0.2) is 80.8 Å². The van der Waals surface area contributed by atoms with Gasteiger partial charge in [-0.1, -0.05) is 0 Å². The lowest BCUT2D eigenvalue weighted by Gasteiger charge is -2.37. The average molecular weight is 450 g/mol. The van der Waals surface area contributed by atoms with Gasteiger partial charge in [-0.05, 0) is 25.5 Å². The van der Waals surface area contributed by atoms with Crippen LogP contribution in [0, 0.1) is 6.92 Å². The molecule has 2 aromatic rings. The number of hydrogen-bond donors (Lipinski definition) is 0. The van der Waals surface area contributed by atoms with Crippen molar-refractivity contribution in [3.8, 4) is 28.7 Å². The Labute approximate surface area is 181 Å². The highest BCUT2D eigenvalue weighted by Crippen LogP contribution is 2.44. The van der Waals surface area contributed by atoms with E-state index < -0.39 is 9.84 Å². The van der Waals surface area contributed by atoms with Crippen molar-refractivity contribution in [3.63, 3.8) is 0 Å². The zero-order valence-corrected chi connectivity index (χ0v) is 18.6. The van der Waals surface area contributed by atoms with E-state index >= 15 is 0 Å². The number of hydrogen-bond acceptors (Lipinski definition) is 9. The molecule has 0 spiro atoms. The Hall–Kier alpha value is -2.30. The highest BCUT2D eigenvalue weighted by molar-refractivity contribution is 7.91. The minimum atomic E-state index is -2.85. The number of aromatic nitrogens is 1. The summed E-state index contributed by atoms with van der Waals surface area (Å²) in [4.78, 5) is 9.40. The second-order valence-electron chi connectivity index (χ2n) is 8.30. The third-order valence-corrected chi connectivity index (χ3v) is 8.05. The molecule has 1 atom stereocenters. The van der Waals surface area contributed by atoms with Crippen molar-refractivity contribution >= 4 is 9.84 Å². The Morgan fingerprint density at radius 2 is 2.00 bits per heavy atom. The summed E-state index contributed by atoms with van der Waals surface area (Å²) in [5.74, 6) is 3.75. The number of oxazole rings is 1. The van der Waals surface area contributed by atoms with E-state index in [1.807, 2.05) is 19.1 Å². The van der Waals surface area contributed by atoms with E-state index in [9.17, 15) is 8.42 Å². The molecule has 0 amide bonds. The number of sulfone groups is 1. The van der Waals surface area contributed by atoms with Crippen LogP contribution >= 0.6 is 0 Å². The maximum Gasteiger partial charge on any atom is 0.231 e. The number of nitrogens with zero attached hydrogens (tertiary/aromatic N) is 3. The molecule has 1 aromatic heterocycles. The van der Waals surface area contributed by atoms with Crippen molar-refractivity contribution in [2.24, 2.45) is 0 Å². The van der Waals surface area contributed by atoms with Crippen LogP contribution in [0.15, 0.2) is 16.5 Å². The fourth-order valence-corrected chi connectivity index (χ4v) is 6.27. The molecule has 168 valence electrons. The minimum absolute atomic E-state index is 0.170. The maximum absolute atomic E-state index is 11.8. The summed E-state index contributed by atoms with van der Waals surface area (Å²) in [7, 11) is -1.26. The molecule has 0 bridgehead atoms. The Bertz CT molecular complexity index is 1080. The average Bonchev–Trinajstić information content (AvgIpc) is 3.46. The Morgan fingerprint density at radius 3 is 2.71 bits per heavy atom.